The van der Waals surface area contributed by atoms with Crippen LogP contribution in [0.25, 0.3) is 0 Å². The number of rotatable bonds is 6. The van der Waals surface area contributed by atoms with E-state index in [2.05, 4.69) is 50.9 Å². The van der Waals surface area contributed by atoms with Crippen molar-refractivity contribution in [3.63, 3.8) is 0 Å². The van der Waals surface area contributed by atoms with Gasteiger partial charge in [0.25, 0.3) is 0 Å². The monoisotopic (exact) mass is 458 g/mol. The highest BCUT2D eigenvalue weighted by molar-refractivity contribution is 14.0. The third kappa shape index (κ3) is 6.42. The molecule has 1 aromatic carbocycles. The van der Waals surface area contributed by atoms with Gasteiger partial charge >= 0.3 is 0 Å². The van der Waals surface area contributed by atoms with Gasteiger partial charge in [0.15, 0.2) is 5.96 Å². The van der Waals surface area contributed by atoms with Crippen LogP contribution in [0.2, 0.25) is 0 Å². The Morgan fingerprint density at radius 2 is 1.96 bits per heavy atom. The first-order valence-electron chi connectivity index (χ1n) is 9.19. The van der Waals surface area contributed by atoms with Gasteiger partial charge in [-0.3, -0.25) is 9.89 Å². The van der Waals surface area contributed by atoms with E-state index in [4.69, 9.17) is 4.74 Å². The number of ether oxygens (including phenoxy) is 1. The molecule has 2 aliphatic heterocycles. The summed E-state index contributed by atoms with van der Waals surface area (Å²) in [6, 6.07) is 11.3. The van der Waals surface area contributed by atoms with Crippen molar-refractivity contribution in [2.24, 2.45) is 4.99 Å². The largest absolute Gasteiger partial charge is 0.376 e. The van der Waals surface area contributed by atoms with Gasteiger partial charge in [0.05, 0.1) is 6.10 Å². The fourth-order valence-electron chi connectivity index (χ4n) is 3.60. The lowest BCUT2D eigenvalue weighted by molar-refractivity contribution is 0.113. The molecule has 0 radical (unpaired) electrons. The highest BCUT2D eigenvalue weighted by Gasteiger charge is 2.24. The molecule has 2 heterocycles. The summed E-state index contributed by atoms with van der Waals surface area (Å²) in [6.45, 7) is 4.91. The van der Waals surface area contributed by atoms with Crippen LogP contribution in [0.4, 0.5) is 0 Å². The molecule has 2 atom stereocenters. The maximum Gasteiger partial charge on any atom is 0.191 e. The van der Waals surface area contributed by atoms with Gasteiger partial charge in [-0.25, -0.2) is 0 Å². The van der Waals surface area contributed by atoms with E-state index in [0.717, 1.165) is 38.6 Å². The topological polar surface area (TPSA) is 48.9 Å². The molecule has 0 spiro atoms. The Morgan fingerprint density at radius 3 is 2.68 bits per heavy atom. The van der Waals surface area contributed by atoms with Crippen molar-refractivity contribution in [1.82, 2.24) is 15.5 Å². The third-order valence-corrected chi connectivity index (χ3v) is 4.98. The lowest BCUT2D eigenvalue weighted by atomic mass is 10.2. The number of hydrogen-bond donors (Lipinski definition) is 2. The van der Waals surface area contributed by atoms with E-state index in [-0.39, 0.29) is 24.0 Å². The predicted molar refractivity (Wildman–Crippen MR) is 114 cm³/mol. The summed E-state index contributed by atoms with van der Waals surface area (Å²) < 4.78 is 5.66. The molecule has 2 unspecified atom stereocenters. The van der Waals surface area contributed by atoms with E-state index in [1.807, 2.05) is 7.05 Å². The predicted octanol–water partition coefficient (Wildman–Crippen LogP) is 2.61. The van der Waals surface area contributed by atoms with Crippen molar-refractivity contribution in [3.8, 4) is 0 Å². The molecule has 2 aliphatic rings. The van der Waals surface area contributed by atoms with Gasteiger partial charge in [0.1, 0.15) is 0 Å². The molecular weight excluding hydrogens is 427 g/mol. The zero-order valence-electron chi connectivity index (χ0n) is 15.1. The Hall–Kier alpha value is -0.860. The molecule has 2 saturated heterocycles. The molecule has 0 aromatic heterocycles. The Labute approximate surface area is 168 Å². The standard InChI is InChI=1S/C19H30N4O.HI/c1-20-19(22-14-18-10-6-12-24-18)21-13-17-9-5-11-23(17)15-16-7-3-2-4-8-16;/h2-4,7-8,17-18H,5-6,9-15H2,1H3,(H2,20,21,22);1H. The van der Waals surface area contributed by atoms with E-state index in [1.165, 1.54) is 31.4 Å². The molecule has 6 heteroatoms. The number of halogens is 1. The van der Waals surface area contributed by atoms with Gasteiger partial charge < -0.3 is 15.4 Å². The minimum atomic E-state index is 0. The number of aliphatic imine (C=N–C) groups is 1. The lowest BCUT2D eigenvalue weighted by Gasteiger charge is -2.25. The fraction of sp³-hybridized carbons (Fsp3) is 0.632. The Kier molecular flexibility index (Phi) is 8.98. The number of nitrogens with one attached hydrogen (secondary N) is 2. The summed E-state index contributed by atoms with van der Waals surface area (Å²) >= 11 is 0. The first-order chi connectivity index (χ1) is 11.8. The van der Waals surface area contributed by atoms with Gasteiger partial charge in [0, 0.05) is 39.3 Å². The van der Waals surface area contributed by atoms with Gasteiger partial charge in [-0.05, 0) is 37.8 Å². The Balaban J connectivity index is 0.00000225. The summed E-state index contributed by atoms with van der Waals surface area (Å²) in [6.07, 6.45) is 5.19. The molecular formula is C19H31IN4O. The van der Waals surface area contributed by atoms with Crippen LogP contribution in [0.1, 0.15) is 31.2 Å². The molecule has 2 N–H and O–H groups in total. The number of likely N-dealkylation sites (tertiary alicyclic amines) is 1. The first kappa shape index (κ1) is 20.5. The van der Waals surface area contributed by atoms with Crippen LogP contribution in [-0.2, 0) is 11.3 Å². The van der Waals surface area contributed by atoms with Gasteiger partial charge in [-0.15, -0.1) is 24.0 Å². The minimum absolute atomic E-state index is 0. The van der Waals surface area contributed by atoms with E-state index >= 15 is 0 Å². The molecule has 140 valence electrons. The highest BCUT2D eigenvalue weighted by Crippen LogP contribution is 2.19. The van der Waals surface area contributed by atoms with Crippen LogP contribution in [0.5, 0.6) is 0 Å². The molecule has 0 bridgehead atoms. The summed E-state index contributed by atoms with van der Waals surface area (Å²) in [5.41, 5.74) is 1.39. The third-order valence-electron chi connectivity index (χ3n) is 4.98. The molecule has 2 fully saturated rings. The number of nitrogens with zero attached hydrogens (tertiary/aromatic N) is 2. The van der Waals surface area contributed by atoms with Crippen molar-refractivity contribution in [1.29, 1.82) is 0 Å². The SMILES string of the molecule is CN=C(NCC1CCCO1)NCC1CCCN1Cc1ccccc1.I. The maximum atomic E-state index is 5.66. The second-order valence-corrected chi connectivity index (χ2v) is 6.72. The Morgan fingerprint density at radius 1 is 1.16 bits per heavy atom. The van der Waals surface area contributed by atoms with E-state index in [1.54, 1.807) is 0 Å². The zero-order valence-corrected chi connectivity index (χ0v) is 17.4. The summed E-state index contributed by atoms with van der Waals surface area (Å²) in [7, 11) is 1.83. The molecule has 25 heavy (non-hydrogen) atoms. The van der Waals surface area contributed by atoms with Crippen molar-refractivity contribution < 1.29 is 4.74 Å². The van der Waals surface area contributed by atoms with Crippen LogP contribution >= 0.6 is 24.0 Å². The molecule has 1 aromatic rings. The highest BCUT2D eigenvalue weighted by atomic mass is 127. The summed E-state index contributed by atoms with van der Waals surface area (Å²) in [5, 5.41) is 6.89. The van der Waals surface area contributed by atoms with Crippen LogP contribution in [-0.4, -0.2) is 56.3 Å². The molecule has 0 aliphatic carbocycles. The smallest absolute Gasteiger partial charge is 0.191 e. The quantitative estimate of drug-likeness (QED) is 0.391. The minimum Gasteiger partial charge on any atom is -0.376 e. The van der Waals surface area contributed by atoms with Crippen molar-refractivity contribution in [2.45, 2.75) is 44.4 Å². The van der Waals surface area contributed by atoms with Crippen molar-refractivity contribution in [3.05, 3.63) is 35.9 Å². The van der Waals surface area contributed by atoms with Crippen LogP contribution in [0, 0.1) is 0 Å². The number of benzene rings is 1. The van der Waals surface area contributed by atoms with Crippen molar-refractivity contribution >= 4 is 29.9 Å². The first-order valence-corrected chi connectivity index (χ1v) is 9.19. The lowest BCUT2D eigenvalue weighted by Crippen LogP contribution is -2.46. The second kappa shape index (κ2) is 11.0. The molecule has 5 nitrogen and oxygen atoms in total. The average Bonchev–Trinajstić information content (AvgIpc) is 3.28. The molecule has 3 rings (SSSR count). The van der Waals surface area contributed by atoms with E-state index in [9.17, 15) is 0 Å². The van der Waals surface area contributed by atoms with Gasteiger partial charge in [0.2, 0.25) is 0 Å². The van der Waals surface area contributed by atoms with Crippen molar-refractivity contribution in [2.75, 3.05) is 33.3 Å². The van der Waals surface area contributed by atoms with Crippen LogP contribution in [0.3, 0.4) is 0 Å². The summed E-state index contributed by atoms with van der Waals surface area (Å²) in [4.78, 5) is 6.92. The van der Waals surface area contributed by atoms with E-state index < -0.39 is 0 Å². The maximum absolute atomic E-state index is 5.66. The number of hydrogen-bond acceptors (Lipinski definition) is 3. The molecule has 0 amide bonds. The normalized spacial score (nSPS) is 24.1. The van der Waals surface area contributed by atoms with E-state index in [0.29, 0.717) is 12.1 Å². The zero-order chi connectivity index (χ0) is 16.6. The van der Waals surface area contributed by atoms with Gasteiger partial charge in [-0.2, -0.15) is 0 Å². The number of guanidine groups is 1. The summed E-state index contributed by atoms with van der Waals surface area (Å²) in [5.74, 6) is 0.886. The Bertz CT molecular complexity index is 519. The molecule has 0 saturated carbocycles. The fourth-order valence-corrected chi connectivity index (χ4v) is 3.60. The van der Waals surface area contributed by atoms with Crippen LogP contribution in [0.15, 0.2) is 35.3 Å². The second-order valence-electron chi connectivity index (χ2n) is 6.72. The van der Waals surface area contributed by atoms with Crippen LogP contribution < -0.4 is 10.6 Å². The van der Waals surface area contributed by atoms with Gasteiger partial charge in [-0.1, -0.05) is 30.3 Å². The average molecular weight is 458 g/mol.